The number of carbonyl (C=O) groups excluding carboxylic acids is 1. The highest BCUT2D eigenvalue weighted by Crippen LogP contribution is 2.17. The van der Waals surface area contributed by atoms with E-state index in [-0.39, 0.29) is 25.5 Å². The van der Waals surface area contributed by atoms with E-state index in [1.54, 1.807) is 66.7 Å². The second-order valence-corrected chi connectivity index (χ2v) is 7.07. The molecule has 0 fully saturated rings. The number of carboxylic acids is 1. The summed E-state index contributed by atoms with van der Waals surface area (Å²) in [5.41, 5.74) is 5.87. The van der Waals surface area contributed by atoms with Crippen LogP contribution in [0.3, 0.4) is 0 Å². The number of hydrogen-bond donors (Lipinski definition) is 2. The molecule has 0 spiro atoms. The van der Waals surface area contributed by atoms with Crippen molar-refractivity contribution in [1.29, 1.82) is 0 Å². The lowest BCUT2D eigenvalue weighted by Crippen LogP contribution is -2.57. The van der Waals surface area contributed by atoms with E-state index in [4.69, 9.17) is 15.2 Å². The molecule has 0 aliphatic rings. The fraction of sp³-hybridized carbons (Fsp3) is 0.167. The summed E-state index contributed by atoms with van der Waals surface area (Å²) in [6.45, 7) is 0.173. The number of nitrogens with two attached hydrogens (primary N) is 1. The van der Waals surface area contributed by atoms with Gasteiger partial charge in [-0.05, 0) is 41.0 Å². The molecule has 1 atom stereocenters. The zero-order valence-corrected chi connectivity index (χ0v) is 16.7. The number of esters is 1. The molecule has 3 aromatic carbocycles. The van der Waals surface area contributed by atoms with E-state index >= 15 is 0 Å². The quantitative estimate of drug-likeness (QED) is 0.404. The van der Waals surface area contributed by atoms with Gasteiger partial charge in [0, 0.05) is 6.42 Å². The molecule has 7 heteroatoms. The Bertz CT molecular complexity index is 1020. The monoisotopic (exact) mass is 423 g/mol. The highest BCUT2D eigenvalue weighted by atomic mass is 19.1. The van der Waals surface area contributed by atoms with Crippen LogP contribution in [0.2, 0.25) is 0 Å². The molecule has 0 amide bonds. The zero-order chi connectivity index (χ0) is 22.3. The number of carboxylic acid groups (broad SMARTS) is 1. The summed E-state index contributed by atoms with van der Waals surface area (Å²) in [6.07, 6.45) is -0.179. The Labute approximate surface area is 179 Å². The molecule has 0 aliphatic heterocycles. The van der Waals surface area contributed by atoms with Gasteiger partial charge in [0.1, 0.15) is 24.8 Å². The Morgan fingerprint density at radius 3 is 2.00 bits per heavy atom. The highest BCUT2D eigenvalue weighted by molar-refractivity contribution is 6.04. The van der Waals surface area contributed by atoms with Crippen LogP contribution >= 0.6 is 0 Å². The molecule has 3 rings (SSSR count). The fourth-order valence-corrected chi connectivity index (χ4v) is 2.86. The first-order chi connectivity index (χ1) is 14.9. The van der Waals surface area contributed by atoms with Gasteiger partial charge in [-0.2, -0.15) is 0 Å². The lowest BCUT2D eigenvalue weighted by molar-refractivity contribution is -0.161. The van der Waals surface area contributed by atoms with Crippen molar-refractivity contribution < 1.29 is 28.6 Å². The molecule has 3 N–H and O–H groups in total. The minimum Gasteiger partial charge on any atom is -0.489 e. The van der Waals surface area contributed by atoms with Crippen molar-refractivity contribution in [1.82, 2.24) is 0 Å². The van der Waals surface area contributed by atoms with Crippen LogP contribution in [0.15, 0.2) is 78.9 Å². The number of halogens is 1. The van der Waals surface area contributed by atoms with E-state index in [9.17, 15) is 19.1 Å². The standard InChI is InChI=1S/C24H22FNO5/c25-20-10-12-21(13-11-20)30-15-18-6-8-19(9-7-18)16-31-23(29)24(26,22(27)28)14-17-4-2-1-3-5-17/h1-13H,14-16,26H2,(H,27,28). The number of hydrogen-bond acceptors (Lipinski definition) is 5. The van der Waals surface area contributed by atoms with Crippen molar-refractivity contribution in [3.63, 3.8) is 0 Å². The lowest BCUT2D eigenvalue weighted by Gasteiger charge is -2.22. The number of ether oxygens (including phenoxy) is 2. The summed E-state index contributed by atoms with van der Waals surface area (Å²) in [4.78, 5) is 24.1. The van der Waals surface area contributed by atoms with Crippen LogP contribution in [-0.4, -0.2) is 22.6 Å². The van der Waals surface area contributed by atoms with E-state index in [0.717, 1.165) is 5.56 Å². The third-order valence-electron chi connectivity index (χ3n) is 4.68. The van der Waals surface area contributed by atoms with E-state index < -0.39 is 17.5 Å². The molecule has 0 aromatic heterocycles. The van der Waals surface area contributed by atoms with Gasteiger partial charge in [-0.25, -0.2) is 14.0 Å². The summed E-state index contributed by atoms with van der Waals surface area (Å²) < 4.78 is 23.7. The molecule has 31 heavy (non-hydrogen) atoms. The summed E-state index contributed by atoms with van der Waals surface area (Å²) >= 11 is 0. The molecule has 6 nitrogen and oxygen atoms in total. The minimum absolute atomic E-state index is 0.112. The van der Waals surface area contributed by atoms with E-state index in [1.165, 1.54) is 12.1 Å². The third kappa shape index (κ3) is 5.90. The Hall–Kier alpha value is -3.71. The van der Waals surface area contributed by atoms with Gasteiger partial charge in [-0.3, -0.25) is 0 Å². The largest absolute Gasteiger partial charge is 0.489 e. The van der Waals surface area contributed by atoms with Gasteiger partial charge in [-0.15, -0.1) is 0 Å². The zero-order valence-electron chi connectivity index (χ0n) is 16.7. The number of benzene rings is 3. The van der Waals surface area contributed by atoms with Gasteiger partial charge in [0.25, 0.3) is 0 Å². The molecule has 0 saturated heterocycles. The maximum atomic E-state index is 12.9. The molecule has 0 aliphatic carbocycles. The Kier molecular flexibility index (Phi) is 6.99. The van der Waals surface area contributed by atoms with Gasteiger partial charge in [-0.1, -0.05) is 54.6 Å². The van der Waals surface area contributed by atoms with Crippen LogP contribution in [0.1, 0.15) is 16.7 Å². The van der Waals surface area contributed by atoms with Gasteiger partial charge in [0.15, 0.2) is 0 Å². The maximum absolute atomic E-state index is 12.9. The molecule has 0 saturated carbocycles. The molecule has 0 heterocycles. The van der Waals surface area contributed by atoms with Crippen molar-refractivity contribution in [3.05, 3.63) is 101 Å². The predicted octanol–water partition coefficient (Wildman–Crippen LogP) is 3.47. The summed E-state index contributed by atoms with van der Waals surface area (Å²) in [7, 11) is 0. The maximum Gasteiger partial charge on any atom is 0.338 e. The molecule has 0 radical (unpaired) electrons. The molecule has 160 valence electrons. The van der Waals surface area contributed by atoms with Crippen molar-refractivity contribution in [2.45, 2.75) is 25.2 Å². The number of rotatable bonds is 9. The smallest absolute Gasteiger partial charge is 0.338 e. The predicted molar refractivity (Wildman–Crippen MR) is 112 cm³/mol. The lowest BCUT2D eigenvalue weighted by atomic mass is 9.92. The van der Waals surface area contributed by atoms with Crippen LogP contribution in [0.25, 0.3) is 0 Å². The Balaban J connectivity index is 1.56. The second-order valence-electron chi connectivity index (χ2n) is 7.07. The first-order valence-electron chi connectivity index (χ1n) is 9.56. The summed E-state index contributed by atoms with van der Waals surface area (Å²) in [6, 6.07) is 21.5. The molecular weight excluding hydrogens is 401 g/mol. The molecular formula is C24H22FNO5. The third-order valence-corrected chi connectivity index (χ3v) is 4.68. The van der Waals surface area contributed by atoms with Crippen LogP contribution in [0.4, 0.5) is 4.39 Å². The summed E-state index contributed by atoms with van der Waals surface area (Å²) in [5.74, 6) is -2.24. The number of carbonyl (C=O) groups is 2. The van der Waals surface area contributed by atoms with Gasteiger partial charge >= 0.3 is 11.9 Å². The van der Waals surface area contributed by atoms with Gasteiger partial charge in [0.2, 0.25) is 5.54 Å². The fourth-order valence-electron chi connectivity index (χ4n) is 2.86. The second kappa shape index (κ2) is 9.86. The molecule has 3 aromatic rings. The van der Waals surface area contributed by atoms with Crippen molar-refractivity contribution >= 4 is 11.9 Å². The van der Waals surface area contributed by atoms with Crippen LogP contribution < -0.4 is 10.5 Å². The minimum atomic E-state index is -2.18. The highest BCUT2D eigenvalue weighted by Gasteiger charge is 2.44. The number of aliphatic carboxylic acids is 1. The molecule has 1 unspecified atom stereocenters. The van der Waals surface area contributed by atoms with E-state index in [2.05, 4.69) is 0 Å². The van der Waals surface area contributed by atoms with Crippen molar-refractivity contribution in [2.75, 3.05) is 0 Å². The Morgan fingerprint density at radius 2 is 1.42 bits per heavy atom. The first-order valence-corrected chi connectivity index (χ1v) is 9.56. The van der Waals surface area contributed by atoms with Crippen LogP contribution in [-0.2, 0) is 34.0 Å². The molecule has 0 bridgehead atoms. The van der Waals surface area contributed by atoms with Gasteiger partial charge < -0.3 is 20.3 Å². The SMILES string of the molecule is NC(Cc1ccccc1)(C(=O)O)C(=O)OCc1ccc(COc2ccc(F)cc2)cc1. The average molecular weight is 423 g/mol. The first kappa shape index (κ1) is 22.0. The van der Waals surface area contributed by atoms with E-state index in [0.29, 0.717) is 16.9 Å². The van der Waals surface area contributed by atoms with Crippen LogP contribution in [0.5, 0.6) is 5.75 Å². The topological polar surface area (TPSA) is 98.9 Å². The van der Waals surface area contributed by atoms with Crippen molar-refractivity contribution in [2.24, 2.45) is 5.73 Å². The van der Waals surface area contributed by atoms with Crippen molar-refractivity contribution in [3.8, 4) is 5.75 Å². The average Bonchev–Trinajstić information content (AvgIpc) is 2.78. The van der Waals surface area contributed by atoms with Gasteiger partial charge in [0.05, 0.1) is 0 Å². The summed E-state index contributed by atoms with van der Waals surface area (Å²) in [5, 5.41) is 9.51. The Morgan fingerprint density at radius 1 is 0.839 bits per heavy atom. The normalized spacial score (nSPS) is 12.6. The van der Waals surface area contributed by atoms with E-state index in [1.807, 2.05) is 0 Å². The van der Waals surface area contributed by atoms with Crippen LogP contribution in [0, 0.1) is 5.82 Å².